The lowest BCUT2D eigenvalue weighted by atomic mass is 10.1. The molecule has 1 aromatic heterocycles. The molecule has 2 N–H and O–H groups in total. The SMILES string of the molecule is Cc1nnsc1C(=O)N1CCN(c2ccc(C(=O)N3CCCNCC3)cc2NC(=O)OCc2ccccc2)CC1. The fourth-order valence-corrected chi connectivity index (χ4v) is 5.49. The number of nitrogens with one attached hydrogen (secondary N) is 2. The minimum Gasteiger partial charge on any atom is -0.444 e. The molecule has 0 saturated carbocycles. The number of hydrogen-bond acceptors (Lipinski definition) is 9. The molecule has 2 aliphatic rings. The van der Waals surface area contributed by atoms with Crippen LogP contribution in [-0.4, -0.2) is 89.7 Å². The quantitative estimate of drug-likeness (QED) is 0.470. The molecule has 2 aromatic carbocycles. The number of nitrogens with zero attached hydrogens (tertiary/aromatic N) is 5. The second kappa shape index (κ2) is 12.9. The molecule has 5 rings (SSSR count). The number of amides is 3. The van der Waals surface area contributed by atoms with E-state index in [0.29, 0.717) is 61.1 Å². The first-order valence-corrected chi connectivity index (χ1v) is 14.2. The van der Waals surface area contributed by atoms with E-state index in [1.54, 1.807) is 24.0 Å². The third-order valence-electron chi connectivity index (χ3n) is 7.07. The standard InChI is InChI=1S/C28H33N7O4S/c1-20-25(40-32-31-20)27(37)35-16-14-33(15-17-35)24-9-8-22(26(36)34-12-5-10-29-11-13-34)18-23(24)30-28(38)39-19-21-6-3-2-4-7-21/h2-4,6-9,18,29H,5,10-17,19H2,1H3,(H,30,38). The van der Waals surface area contributed by atoms with Crippen molar-refractivity contribution in [2.24, 2.45) is 0 Å². The number of aryl methyl sites for hydroxylation is 1. The summed E-state index contributed by atoms with van der Waals surface area (Å²) >= 11 is 1.11. The minimum atomic E-state index is -0.601. The van der Waals surface area contributed by atoms with E-state index in [2.05, 4.69) is 25.1 Å². The lowest BCUT2D eigenvalue weighted by Gasteiger charge is -2.37. The van der Waals surface area contributed by atoms with Crippen LogP contribution in [0.4, 0.5) is 16.2 Å². The second-order valence-corrected chi connectivity index (χ2v) is 10.5. The third kappa shape index (κ3) is 6.57. The molecule has 0 atom stereocenters. The summed E-state index contributed by atoms with van der Waals surface area (Å²) in [6, 6.07) is 14.9. The molecule has 0 aliphatic carbocycles. The average molecular weight is 564 g/mol. The molecule has 2 aliphatic heterocycles. The van der Waals surface area contributed by atoms with E-state index in [4.69, 9.17) is 4.74 Å². The highest BCUT2D eigenvalue weighted by atomic mass is 32.1. The number of carbonyl (C=O) groups excluding carboxylic acids is 3. The lowest BCUT2D eigenvalue weighted by Crippen LogP contribution is -2.49. The van der Waals surface area contributed by atoms with Gasteiger partial charge in [0.25, 0.3) is 11.8 Å². The molecule has 0 unspecified atom stereocenters. The molecule has 3 aromatic rings. The Hall–Kier alpha value is -4.03. The highest BCUT2D eigenvalue weighted by Gasteiger charge is 2.27. The number of rotatable bonds is 6. The summed E-state index contributed by atoms with van der Waals surface area (Å²) in [4.78, 5) is 45.4. The van der Waals surface area contributed by atoms with Gasteiger partial charge in [-0.25, -0.2) is 4.79 Å². The molecule has 0 bridgehead atoms. The second-order valence-electron chi connectivity index (χ2n) is 9.78. The van der Waals surface area contributed by atoms with Crippen LogP contribution < -0.4 is 15.5 Å². The monoisotopic (exact) mass is 563 g/mol. The van der Waals surface area contributed by atoms with Gasteiger partial charge in [0.2, 0.25) is 0 Å². The van der Waals surface area contributed by atoms with Crippen molar-refractivity contribution in [2.75, 3.05) is 62.6 Å². The van der Waals surface area contributed by atoms with Gasteiger partial charge < -0.3 is 24.8 Å². The van der Waals surface area contributed by atoms with Gasteiger partial charge in [0, 0.05) is 51.4 Å². The molecule has 12 heteroatoms. The highest BCUT2D eigenvalue weighted by Crippen LogP contribution is 2.30. The molecular formula is C28H33N7O4S. The predicted octanol–water partition coefficient (Wildman–Crippen LogP) is 2.99. The molecule has 0 spiro atoms. The van der Waals surface area contributed by atoms with Crippen molar-refractivity contribution < 1.29 is 19.1 Å². The van der Waals surface area contributed by atoms with Crippen LogP contribution in [0.25, 0.3) is 0 Å². The van der Waals surface area contributed by atoms with E-state index < -0.39 is 6.09 Å². The van der Waals surface area contributed by atoms with Crippen molar-refractivity contribution in [2.45, 2.75) is 20.0 Å². The summed E-state index contributed by atoms with van der Waals surface area (Å²) in [5, 5.41) is 10.1. The van der Waals surface area contributed by atoms with E-state index >= 15 is 0 Å². The Balaban J connectivity index is 1.32. The van der Waals surface area contributed by atoms with E-state index in [0.717, 1.165) is 42.3 Å². The van der Waals surface area contributed by atoms with Crippen LogP contribution in [0.2, 0.25) is 0 Å². The topological polar surface area (TPSA) is 120 Å². The Bertz CT molecular complexity index is 1330. The Morgan fingerprint density at radius 1 is 0.950 bits per heavy atom. The maximum absolute atomic E-state index is 13.3. The predicted molar refractivity (Wildman–Crippen MR) is 153 cm³/mol. The number of benzene rings is 2. The van der Waals surface area contributed by atoms with Gasteiger partial charge in [-0.3, -0.25) is 14.9 Å². The lowest BCUT2D eigenvalue weighted by molar-refractivity contribution is 0.0747. The maximum Gasteiger partial charge on any atom is 0.412 e. The molecule has 210 valence electrons. The number of anilines is 2. The van der Waals surface area contributed by atoms with E-state index in [-0.39, 0.29) is 18.4 Å². The Morgan fingerprint density at radius 3 is 2.48 bits per heavy atom. The van der Waals surface area contributed by atoms with Gasteiger partial charge in [0.05, 0.1) is 17.1 Å². The van der Waals surface area contributed by atoms with E-state index in [9.17, 15) is 14.4 Å². The summed E-state index contributed by atoms with van der Waals surface area (Å²) < 4.78 is 9.36. The number of hydrogen-bond donors (Lipinski definition) is 2. The summed E-state index contributed by atoms with van der Waals surface area (Å²) in [5.74, 6) is -0.136. The smallest absolute Gasteiger partial charge is 0.412 e. The van der Waals surface area contributed by atoms with Gasteiger partial charge in [-0.05, 0) is 55.2 Å². The zero-order chi connectivity index (χ0) is 27.9. The number of carbonyl (C=O) groups is 3. The van der Waals surface area contributed by atoms with Crippen molar-refractivity contribution in [3.8, 4) is 0 Å². The average Bonchev–Trinajstić information content (AvgIpc) is 3.23. The van der Waals surface area contributed by atoms with E-state index in [1.807, 2.05) is 41.3 Å². The molecule has 3 amide bonds. The van der Waals surface area contributed by atoms with Crippen molar-refractivity contribution in [3.63, 3.8) is 0 Å². The molecule has 11 nitrogen and oxygen atoms in total. The van der Waals surface area contributed by atoms with Crippen molar-refractivity contribution in [3.05, 3.63) is 70.2 Å². The van der Waals surface area contributed by atoms with Gasteiger partial charge in [-0.1, -0.05) is 34.8 Å². The van der Waals surface area contributed by atoms with Gasteiger partial charge in [0.1, 0.15) is 11.5 Å². The highest BCUT2D eigenvalue weighted by molar-refractivity contribution is 7.07. The molecular weight excluding hydrogens is 530 g/mol. The van der Waals surface area contributed by atoms with Crippen LogP contribution in [0, 0.1) is 6.92 Å². The summed E-state index contributed by atoms with van der Waals surface area (Å²) in [6.45, 7) is 7.02. The van der Waals surface area contributed by atoms with Crippen LogP contribution in [0.1, 0.15) is 37.7 Å². The summed E-state index contributed by atoms with van der Waals surface area (Å²) in [7, 11) is 0. The normalized spacial score (nSPS) is 15.9. The van der Waals surface area contributed by atoms with Crippen LogP contribution in [-0.2, 0) is 11.3 Å². The van der Waals surface area contributed by atoms with Gasteiger partial charge in [0.15, 0.2) is 0 Å². The zero-order valence-corrected chi connectivity index (χ0v) is 23.3. The Morgan fingerprint density at radius 2 is 1.73 bits per heavy atom. The van der Waals surface area contributed by atoms with Crippen LogP contribution >= 0.6 is 11.5 Å². The molecule has 2 saturated heterocycles. The van der Waals surface area contributed by atoms with Crippen molar-refractivity contribution in [1.82, 2.24) is 24.7 Å². The van der Waals surface area contributed by atoms with Gasteiger partial charge in [-0.2, -0.15) is 0 Å². The van der Waals surface area contributed by atoms with E-state index in [1.165, 1.54) is 0 Å². The fourth-order valence-electron chi connectivity index (χ4n) is 4.87. The third-order valence-corrected chi connectivity index (χ3v) is 7.89. The Kier molecular flexibility index (Phi) is 8.87. The van der Waals surface area contributed by atoms with Crippen molar-refractivity contribution in [1.29, 1.82) is 0 Å². The van der Waals surface area contributed by atoms with Crippen LogP contribution in [0.3, 0.4) is 0 Å². The fraction of sp³-hybridized carbons (Fsp3) is 0.393. The molecule has 3 heterocycles. The Labute approximate surface area is 237 Å². The number of ether oxygens (including phenoxy) is 1. The summed E-state index contributed by atoms with van der Waals surface area (Å²) in [6.07, 6.45) is 0.289. The first-order chi connectivity index (χ1) is 19.5. The van der Waals surface area contributed by atoms with Crippen LogP contribution in [0.5, 0.6) is 0 Å². The minimum absolute atomic E-state index is 0.0668. The van der Waals surface area contributed by atoms with Gasteiger partial charge in [-0.15, -0.1) is 5.10 Å². The molecule has 40 heavy (non-hydrogen) atoms. The van der Waals surface area contributed by atoms with Gasteiger partial charge >= 0.3 is 6.09 Å². The van der Waals surface area contributed by atoms with Crippen LogP contribution in [0.15, 0.2) is 48.5 Å². The largest absolute Gasteiger partial charge is 0.444 e. The first-order valence-electron chi connectivity index (χ1n) is 13.4. The zero-order valence-electron chi connectivity index (χ0n) is 22.5. The molecule has 2 fully saturated rings. The summed E-state index contributed by atoms with van der Waals surface area (Å²) in [5.41, 5.74) is 3.29. The molecule has 0 radical (unpaired) electrons. The first kappa shape index (κ1) is 27.5. The maximum atomic E-state index is 13.3. The van der Waals surface area contributed by atoms with Crippen molar-refractivity contribution >= 4 is 40.8 Å². The number of piperazine rings is 1. The number of aromatic nitrogens is 2.